The maximum atomic E-state index is 5.45. The van der Waals surface area contributed by atoms with Gasteiger partial charge in [0.15, 0.2) is 6.29 Å². The second-order valence-corrected chi connectivity index (χ2v) is 4.81. The van der Waals surface area contributed by atoms with Gasteiger partial charge < -0.3 is 9.47 Å². The Hall–Kier alpha value is 0.270. The van der Waals surface area contributed by atoms with E-state index < -0.39 is 0 Å². The Kier molecular flexibility index (Phi) is 5.13. The lowest BCUT2D eigenvalue weighted by atomic mass is 10.7. The van der Waals surface area contributed by atoms with Crippen molar-refractivity contribution < 1.29 is 9.47 Å². The van der Waals surface area contributed by atoms with Crippen molar-refractivity contribution in [1.82, 2.24) is 0 Å². The second kappa shape index (κ2) is 4.99. The summed E-state index contributed by atoms with van der Waals surface area (Å²) in [6, 6.07) is 0. The van der Waals surface area contributed by atoms with Crippen molar-refractivity contribution in [2.24, 2.45) is 0 Å². The molecule has 0 spiro atoms. The third-order valence-corrected chi connectivity index (χ3v) is 2.82. The van der Waals surface area contributed by atoms with Crippen LogP contribution in [0.5, 0.6) is 0 Å². The van der Waals surface area contributed by atoms with Gasteiger partial charge in [-0.2, -0.15) is 0 Å². The summed E-state index contributed by atoms with van der Waals surface area (Å²) in [4.78, 5) is 0. The molecule has 2 nitrogen and oxygen atoms in total. The first-order valence-corrected chi connectivity index (χ1v) is 5.43. The zero-order valence-corrected chi connectivity index (χ0v) is 8.20. The monoisotopic (exact) mass is 165 g/mol. The zero-order chi connectivity index (χ0) is 8.15. The van der Waals surface area contributed by atoms with Gasteiger partial charge in [0.25, 0.3) is 0 Å². The first-order chi connectivity index (χ1) is 4.57. The first-order valence-electron chi connectivity index (χ1n) is 3.32. The van der Waals surface area contributed by atoms with Crippen LogP contribution in [0.2, 0.25) is 0 Å². The molecule has 0 aromatic rings. The molecule has 3 heteroatoms. The predicted molar refractivity (Wildman–Crippen MR) is 46.2 cm³/mol. The molecule has 0 radical (unpaired) electrons. The molecule has 10 heavy (non-hydrogen) atoms. The van der Waals surface area contributed by atoms with E-state index in [1.165, 1.54) is 0 Å². The quantitative estimate of drug-likeness (QED) is 0.460. The van der Waals surface area contributed by atoms with E-state index in [1.807, 2.05) is 6.92 Å². The largest absolute Gasteiger partial charge is 0.356 e. The minimum atomic E-state index is -0.0788. The van der Waals surface area contributed by atoms with Crippen molar-refractivity contribution in [2.75, 3.05) is 19.6 Å². The molecule has 0 fully saturated rings. The normalized spacial score (nSPS) is 17.4. The van der Waals surface area contributed by atoms with Gasteiger partial charge in [-0.1, -0.05) is 0 Å². The summed E-state index contributed by atoms with van der Waals surface area (Å²) in [7, 11) is 1.97. The molecule has 0 saturated carbocycles. The van der Waals surface area contributed by atoms with Crippen LogP contribution in [-0.2, 0) is 20.4 Å². The van der Waals surface area contributed by atoms with Crippen molar-refractivity contribution in [1.29, 1.82) is 0 Å². The molecule has 0 bridgehead atoms. The van der Waals surface area contributed by atoms with E-state index in [2.05, 4.69) is 19.4 Å². The molecule has 0 aromatic carbocycles. The summed E-state index contributed by atoms with van der Waals surface area (Å²) >= 11 is 0. The van der Waals surface area contributed by atoms with Gasteiger partial charge in [0.1, 0.15) is 0 Å². The number of methoxy groups -OCH3 is 1. The van der Waals surface area contributed by atoms with Gasteiger partial charge in [-0.05, 0) is 6.92 Å². The Bertz CT molecular complexity index is 85.7. The van der Waals surface area contributed by atoms with Crippen LogP contribution in [0.1, 0.15) is 13.8 Å². The molecule has 0 aliphatic heterocycles. The molecule has 0 rings (SSSR count). The molecule has 62 valence electrons. The zero-order valence-electron chi connectivity index (χ0n) is 7.38. The third-order valence-electron chi connectivity index (χ3n) is 1.38. The van der Waals surface area contributed by atoms with Gasteiger partial charge in [-0.3, -0.25) is 0 Å². The Morgan fingerprint density at radius 3 is 2.00 bits per heavy atom. The fourth-order valence-corrected chi connectivity index (χ4v) is 0.815. The predicted octanol–water partition coefficient (Wildman–Crippen LogP) is 1.22. The summed E-state index contributed by atoms with van der Waals surface area (Å²) in [6.45, 7) is 3.97. The number of ether oxygens (including phenoxy) is 2. The molecule has 0 amide bonds. The van der Waals surface area contributed by atoms with Gasteiger partial charge in [-0.25, -0.2) is 0 Å². The molecule has 0 aromatic heterocycles. The van der Waals surface area contributed by atoms with Gasteiger partial charge in [0.2, 0.25) is 5.44 Å². The van der Waals surface area contributed by atoms with E-state index in [0.29, 0.717) is 16.3 Å². The van der Waals surface area contributed by atoms with Crippen molar-refractivity contribution in [3.8, 4) is 0 Å². The second-order valence-electron chi connectivity index (χ2n) is 2.39. The SMILES string of the molecule is COC(C)OC(C)[S+](C)C. The van der Waals surface area contributed by atoms with E-state index in [-0.39, 0.29) is 6.29 Å². The summed E-state index contributed by atoms with van der Waals surface area (Å²) < 4.78 is 10.4. The number of rotatable bonds is 4. The molecule has 0 aliphatic rings. The Balaban J connectivity index is 3.46. The van der Waals surface area contributed by atoms with E-state index in [9.17, 15) is 0 Å². The third kappa shape index (κ3) is 4.14. The van der Waals surface area contributed by atoms with Gasteiger partial charge >= 0.3 is 0 Å². The molecule has 0 saturated heterocycles. The van der Waals surface area contributed by atoms with E-state index in [1.54, 1.807) is 7.11 Å². The maximum Gasteiger partial charge on any atom is 0.217 e. The Morgan fingerprint density at radius 1 is 1.20 bits per heavy atom. The smallest absolute Gasteiger partial charge is 0.217 e. The number of hydrogen-bond acceptors (Lipinski definition) is 2. The van der Waals surface area contributed by atoms with Gasteiger partial charge in [0.05, 0.1) is 12.5 Å². The van der Waals surface area contributed by atoms with Crippen LogP contribution in [0.15, 0.2) is 0 Å². The lowest BCUT2D eigenvalue weighted by Gasteiger charge is -2.14. The highest BCUT2D eigenvalue weighted by molar-refractivity contribution is 7.95. The minimum Gasteiger partial charge on any atom is -0.356 e. The van der Waals surface area contributed by atoms with E-state index in [4.69, 9.17) is 9.47 Å². The highest BCUT2D eigenvalue weighted by Crippen LogP contribution is 2.04. The van der Waals surface area contributed by atoms with Crippen LogP contribution in [0.3, 0.4) is 0 Å². The van der Waals surface area contributed by atoms with Crippen LogP contribution in [0, 0.1) is 0 Å². The summed E-state index contributed by atoms with van der Waals surface area (Å²) in [6.07, 6.45) is 4.24. The van der Waals surface area contributed by atoms with Crippen LogP contribution in [-0.4, -0.2) is 31.3 Å². The number of hydrogen-bond donors (Lipinski definition) is 0. The van der Waals surface area contributed by atoms with Crippen molar-refractivity contribution >= 4 is 10.9 Å². The summed E-state index contributed by atoms with van der Waals surface area (Å²) in [5.41, 5.74) is 0.301. The molecular weight excluding hydrogens is 148 g/mol. The fourth-order valence-electron chi connectivity index (χ4n) is 0.437. The van der Waals surface area contributed by atoms with Gasteiger partial charge in [-0.15, -0.1) is 0 Å². The Labute approximate surface area is 66.2 Å². The maximum absolute atomic E-state index is 5.45. The average Bonchev–Trinajstić information content (AvgIpc) is 1.87. The van der Waals surface area contributed by atoms with Crippen LogP contribution >= 0.6 is 0 Å². The van der Waals surface area contributed by atoms with E-state index >= 15 is 0 Å². The van der Waals surface area contributed by atoms with Gasteiger partial charge in [0, 0.05) is 24.9 Å². The summed E-state index contributed by atoms with van der Waals surface area (Å²) in [5, 5.41) is 0. The van der Waals surface area contributed by atoms with E-state index in [0.717, 1.165) is 0 Å². The standard InChI is InChI=1S/C7H17O2S/c1-6(8-3)9-7(2)10(4)5/h6-7H,1-5H3/q+1. The van der Waals surface area contributed by atoms with Crippen molar-refractivity contribution in [2.45, 2.75) is 25.6 Å². The highest BCUT2D eigenvalue weighted by atomic mass is 32.2. The topological polar surface area (TPSA) is 18.5 Å². The highest BCUT2D eigenvalue weighted by Gasteiger charge is 2.17. The van der Waals surface area contributed by atoms with Crippen LogP contribution in [0.4, 0.5) is 0 Å². The van der Waals surface area contributed by atoms with Crippen molar-refractivity contribution in [3.63, 3.8) is 0 Å². The summed E-state index contributed by atoms with van der Waals surface area (Å²) in [5.74, 6) is 0. The molecule has 0 N–H and O–H groups in total. The minimum absolute atomic E-state index is 0.0788. The molecule has 2 atom stereocenters. The molecular formula is C7H17O2S+. The average molecular weight is 165 g/mol. The molecule has 0 heterocycles. The van der Waals surface area contributed by atoms with Crippen molar-refractivity contribution in [3.05, 3.63) is 0 Å². The molecule has 2 unspecified atom stereocenters. The lowest BCUT2D eigenvalue weighted by Crippen LogP contribution is -2.24. The molecule has 0 aliphatic carbocycles. The fraction of sp³-hybridized carbons (Fsp3) is 1.00. The Morgan fingerprint density at radius 2 is 1.70 bits per heavy atom. The van der Waals surface area contributed by atoms with Crippen LogP contribution in [0.25, 0.3) is 0 Å². The first kappa shape index (κ1) is 10.3. The van der Waals surface area contributed by atoms with Crippen LogP contribution < -0.4 is 0 Å². The lowest BCUT2D eigenvalue weighted by molar-refractivity contribution is -0.117.